The molecule has 1 unspecified atom stereocenters. The maximum Gasteiger partial charge on any atom is 0.242 e. The van der Waals surface area contributed by atoms with Crippen molar-refractivity contribution in [1.29, 1.82) is 0 Å². The van der Waals surface area contributed by atoms with Gasteiger partial charge in [0.1, 0.15) is 17.3 Å². The number of nitrogens with zero attached hydrogens (tertiary/aromatic N) is 3. The highest BCUT2D eigenvalue weighted by molar-refractivity contribution is 6.30. The van der Waals surface area contributed by atoms with E-state index in [4.69, 9.17) is 11.6 Å². The molecule has 0 radical (unpaired) electrons. The van der Waals surface area contributed by atoms with Gasteiger partial charge in [0.2, 0.25) is 5.91 Å². The molecule has 16 heavy (non-hydrogen) atoms. The van der Waals surface area contributed by atoms with Crippen LogP contribution in [0, 0.1) is 0 Å². The second-order valence-corrected chi connectivity index (χ2v) is 4.47. The molecular formula is C10H11ClN4O. The van der Waals surface area contributed by atoms with Crippen LogP contribution in [-0.2, 0) is 11.3 Å². The summed E-state index contributed by atoms with van der Waals surface area (Å²) < 4.78 is 0. The SMILES string of the molecule is O=C1Nc2ncnc(Cl)c2CN2CCCC12. The van der Waals surface area contributed by atoms with Gasteiger partial charge in [0.05, 0.1) is 6.04 Å². The molecular weight excluding hydrogens is 228 g/mol. The number of hydrogen-bond donors (Lipinski definition) is 1. The van der Waals surface area contributed by atoms with Crippen molar-refractivity contribution in [3.8, 4) is 0 Å². The van der Waals surface area contributed by atoms with Gasteiger partial charge >= 0.3 is 0 Å². The summed E-state index contributed by atoms with van der Waals surface area (Å²) in [6.07, 6.45) is 3.33. The number of carbonyl (C=O) groups excluding carboxylic acids is 1. The summed E-state index contributed by atoms with van der Waals surface area (Å²) in [5.41, 5.74) is 0.821. The van der Waals surface area contributed by atoms with E-state index in [9.17, 15) is 4.79 Å². The lowest BCUT2D eigenvalue weighted by atomic mass is 10.2. The fraction of sp³-hybridized carbons (Fsp3) is 0.500. The normalized spacial score (nSPS) is 24.6. The van der Waals surface area contributed by atoms with Gasteiger partial charge < -0.3 is 5.32 Å². The van der Waals surface area contributed by atoms with Gasteiger partial charge in [0.15, 0.2) is 0 Å². The fourth-order valence-electron chi connectivity index (χ4n) is 2.35. The summed E-state index contributed by atoms with van der Waals surface area (Å²) in [6, 6.07) is -0.0368. The van der Waals surface area contributed by atoms with Gasteiger partial charge in [-0.3, -0.25) is 9.69 Å². The second kappa shape index (κ2) is 3.68. The van der Waals surface area contributed by atoms with Crippen LogP contribution in [-0.4, -0.2) is 33.4 Å². The molecule has 0 saturated carbocycles. The predicted octanol–water partition coefficient (Wildman–Crippen LogP) is 1.05. The minimum atomic E-state index is -0.0368. The molecule has 2 aliphatic heterocycles. The first-order valence-corrected chi connectivity index (χ1v) is 5.68. The molecule has 1 atom stereocenters. The zero-order valence-electron chi connectivity index (χ0n) is 8.61. The Morgan fingerprint density at radius 3 is 3.25 bits per heavy atom. The summed E-state index contributed by atoms with van der Waals surface area (Å²) >= 11 is 6.02. The summed E-state index contributed by atoms with van der Waals surface area (Å²) in [4.78, 5) is 22.1. The van der Waals surface area contributed by atoms with E-state index in [1.54, 1.807) is 0 Å². The summed E-state index contributed by atoms with van der Waals surface area (Å²) in [6.45, 7) is 1.58. The standard InChI is InChI=1S/C10H11ClN4O/c11-8-6-4-15-3-1-2-7(15)10(16)14-9(6)13-5-12-8/h5,7H,1-4H2,(H,12,13,14,16). The van der Waals surface area contributed by atoms with Gasteiger partial charge in [-0.05, 0) is 19.4 Å². The molecule has 0 aliphatic carbocycles. The topological polar surface area (TPSA) is 58.1 Å². The van der Waals surface area contributed by atoms with Gasteiger partial charge in [0, 0.05) is 12.1 Å². The van der Waals surface area contributed by atoms with Crippen molar-refractivity contribution in [3.05, 3.63) is 17.0 Å². The van der Waals surface area contributed by atoms with Gasteiger partial charge in [-0.1, -0.05) is 11.6 Å². The predicted molar refractivity (Wildman–Crippen MR) is 59.1 cm³/mol. The largest absolute Gasteiger partial charge is 0.309 e. The van der Waals surface area contributed by atoms with Crippen molar-refractivity contribution < 1.29 is 4.79 Å². The Balaban J connectivity index is 2.05. The van der Waals surface area contributed by atoms with Crippen LogP contribution in [0.4, 0.5) is 5.82 Å². The maximum absolute atomic E-state index is 11.9. The number of amides is 1. The minimum Gasteiger partial charge on any atom is -0.309 e. The Hall–Kier alpha value is -1.20. The first-order chi connectivity index (χ1) is 7.75. The molecule has 1 aromatic rings. The molecule has 0 bridgehead atoms. The Morgan fingerprint density at radius 1 is 1.50 bits per heavy atom. The van der Waals surface area contributed by atoms with Gasteiger partial charge in [-0.15, -0.1) is 0 Å². The number of aromatic nitrogens is 2. The van der Waals surface area contributed by atoms with E-state index in [1.165, 1.54) is 6.33 Å². The van der Waals surface area contributed by atoms with E-state index >= 15 is 0 Å². The van der Waals surface area contributed by atoms with Crippen LogP contribution in [0.1, 0.15) is 18.4 Å². The average molecular weight is 239 g/mol. The van der Waals surface area contributed by atoms with Gasteiger partial charge in [-0.2, -0.15) is 0 Å². The van der Waals surface area contributed by atoms with Crippen LogP contribution >= 0.6 is 11.6 Å². The third-order valence-electron chi connectivity index (χ3n) is 3.16. The van der Waals surface area contributed by atoms with E-state index in [-0.39, 0.29) is 11.9 Å². The van der Waals surface area contributed by atoms with Crippen LogP contribution in [0.5, 0.6) is 0 Å². The van der Waals surface area contributed by atoms with E-state index in [0.717, 1.165) is 24.9 Å². The molecule has 2 aliphatic rings. The monoisotopic (exact) mass is 238 g/mol. The van der Waals surface area contributed by atoms with E-state index < -0.39 is 0 Å². The smallest absolute Gasteiger partial charge is 0.242 e. The molecule has 3 heterocycles. The van der Waals surface area contributed by atoms with Crippen LogP contribution < -0.4 is 5.32 Å². The number of fused-ring (bicyclic) bond motifs is 2. The Labute approximate surface area is 97.8 Å². The highest BCUT2D eigenvalue weighted by atomic mass is 35.5. The molecule has 0 aromatic carbocycles. The molecule has 1 fully saturated rings. The second-order valence-electron chi connectivity index (χ2n) is 4.11. The molecule has 6 heteroatoms. The zero-order valence-corrected chi connectivity index (χ0v) is 9.37. The van der Waals surface area contributed by atoms with Crippen molar-refractivity contribution >= 4 is 23.3 Å². The molecule has 5 nitrogen and oxygen atoms in total. The number of nitrogens with one attached hydrogen (secondary N) is 1. The van der Waals surface area contributed by atoms with Gasteiger partial charge in [0.25, 0.3) is 0 Å². The number of carbonyl (C=O) groups is 1. The van der Waals surface area contributed by atoms with Crippen molar-refractivity contribution in [2.75, 3.05) is 11.9 Å². The molecule has 1 amide bonds. The average Bonchev–Trinajstić information content (AvgIpc) is 2.66. The highest BCUT2D eigenvalue weighted by Gasteiger charge is 2.35. The van der Waals surface area contributed by atoms with Crippen LogP contribution in [0.25, 0.3) is 0 Å². The summed E-state index contributed by atoms with van der Waals surface area (Å²) in [5, 5.41) is 3.25. The van der Waals surface area contributed by atoms with Crippen LogP contribution in [0.3, 0.4) is 0 Å². The highest BCUT2D eigenvalue weighted by Crippen LogP contribution is 2.29. The molecule has 84 valence electrons. The molecule has 1 saturated heterocycles. The third kappa shape index (κ3) is 1.47. The number of hydrogen-bond acceptors (Lipinski definition) is 4. The number of halogens is 1. The quantitative estimate of drug-likeness (QED) is 0.687. The Morgan fingerprint density at radius 2 is 2.38 bits per heavy atom. The first kappa shape index (κ1) is 9.99. The lowest BCUT2D eigenvalue weighted by Crippen LogP contribution is -2.36. The van der Waals surface area contributed by atoms with Crippen molar-refractivity contribution in [2.45, 2.75) is 25.4 Å². The minimum absolute atomic E-state index is 0.0195. The fourth-order valence-corrected chi connectivity index (χ4v) is 2.55. The van der Waals surface area contributed by atoms with Gasteiger partial charge in [-0.25, -0.2) is 9.97 Å². The van der Waals surface area contributed by atoms with Crippen molar-refractivity contribution in [3.63, 3.8) is 0 Å². The number of rotatable bonds is 0. The Bertz CT molecular complexity index is 450. The van der Waals surface area contributed by atoms with Crippen molar-refractivity contribution in [2.24, 2.45) is 0 Å². The maximum atomic E-state index is 11.9. The molecule has 3 rings (SSSR count). The van der Waals surface area contributed by atoms with E-state index in [1.807, 2.05) is 0 Å². The number of anilines is 1. The Kier molecular flexibility index (Phi) is 2.29. The first-order valence-electron chi connectivity index (χ1n) is 5.30. The van der Waals surface area contributed by atoms with Crippen LogP contribution in [0.2, 0.25) is 5.15 Å². The van der Waals surface area contributed by atoms with Crippen molar-refractivity contribution in [1.82, 2.24) is 14.9 Å². The van der Waals surface area contributed by atoms with E-state index in [2.05, 4.69) is 20.2 Å². The summed E-state index contributed by atoms with van der Waals surface area (Å²) in [5.74, 6) is 0.574. The summed E-state index contributed by atoms with van der Waals surface area (Å²) in [7, 11) is 0. The lowest BCUT2D eigenvalue weighted by molar-refractivity contribution is -0.120. The zero-order chi connectivity index (χ0) is 11.1. The molecule has 0 spiro atoms. The molecule has 1 aromatic heterocycles. The van der Waals surface area contributed by atoms with E-state index in [0.29, 0.717) is 17.5 Å². The lowest BCUT2D eigenvalue weighted by Gasteiger charge is -2.19. The van der Waals surface area contributed by atoms with Crippen LogP contribution in [0.15, 0.2) is 6.33 Å². The third-order valence-corrected chi connectivity index (χ3v) is 3.49. The molecule has 1 N–H and O–H groups in total.